The highest BCUT2D eigenvalue weighted by atomic mass is 32.1. The third-order valence-electron chi connectivity index (χ3n) is 3.39. The molecule has 0 fully saturated rings. The second kappa shape index (κ2) is 8.86. The van der Waals surface area contributed by atoms with Gasteiger partial charge in [0.05, 0.1) is 16.2 Å². The Kier molecular flexibility index (Phi) is 6.56. The predicted molar refractivity (Wildman–Crippen MR) is 95.2 cm³/mol. The number of esters is 1. The number of carbonyl (C=O) groups excluding carboxylic acids is 3. The minimum absolute atomic E-state index is 0.0123. The lowest BCUT2D eigenvalue weighted by molar-refractivity contribution is -0.383. The van der Waals surface area contributed by atoms with Crippen molar-refractivity contribution in [2.75, 3.05) is 5.32 Å². The average Bonchev–Trinajstić information content (AvgIpc) is 3.14. The maximum Gasteiger partial charge on any atom is 0.307 e. The fraction of sp³-hybridized carbons (Fsp3) is 0.235. The Morgan fingerprint density at radius 1 is 1.19 bits per heavy atom. The Bertz CT molecular complexity index is 818. The summed E-state index contributed by atoms with van der Waals surface area (Å²) in [5, 5.41) is 15.1. The number of rotatable bonds is 8. The van der Waals surface area contributed by atoms with E-state index in [1.807, 2.05) is 0 Å². The molecule has 9 heteroatoms. The zero-order valence-corrected chi connectivity index (χ0v) is 14.7. The van der Waals surface area contributed by atoms with E-state index < -0.39 is 22.9 Å². The van der Waals surface area contributed by atoms with Gasteiger partial charge in [0.1, 0.15) is 5.69 Å². The quantitative estimate of drug-likeness (QED) is 0.327. The van der Waals surface area contributed by atoms with E-state index >= 15 is 0 Å². The maximum absolute atomic E-state index is 12.1. The van der Waals surface area contributed by atoms with Crippen molar-refractivity contribution in [1.29, 1.82) is 0 Å². The van der Waals surface area contributed by atoms with Crippen LogP contribution in [-0.4, -0.2) is 28.7 Å². The minimum Gasteiger partial charge on any atom is -0.453 e. The number of anilines is 1. The highest BCUT2D eigenvalue weighted by Crippen LogP contribution is 2.23. The molecular formula is C17H16N2O6S. The second-order valence-corrected chi connectivity index (χ2v) is 6.24. The smallest absolute Gasteiger partial charge is 0.307 e. The van der Waals surface area contributed by atoms with Gasteiger partial charge in [-0.05, 0) is 24.4 Å². The molecule has 1 N–H and O–H groups in total. The number of carbonyl (C=O) groups is 3. The Hall–Kier alpha value is -3.07. The molecule has 0 saturated heterocycles. The van der Waals surface area contributed by atoms with Crippen LogP contribution >= 0.6 is 11.3 Å². The number of ketones is 1. The third kappa shape index (κ3) is 5.21. The second-order valence-electron chi connectivity index (χ2n) is 5.30. The van der Waals surface area contributed by atoms with Crippen molar-refractivity contribution in [3.63, 3.8) is 0 Å². The third-order valence-corrected chi connectivity index (χ3v) is 4.30. The van der Waals surface area contributed by atoms with Crippen LogP contribution in [0.15, 0.2) is 41.8 Å². The summed E-state index contributed by atoms with van der Waals surface area (Å²) in [6, 6.07) is 9.05. The first kappa shape index (κ1) is 19.3. The molecule has 0 unspecified atom stereocenters. The van der Waals surface area contributed by atoms with Crippen molar-refractivity contribution >= 4 is 40.4 Å². The summed E-state index contributed by atoms with van der Waals surface area (Å²) in [5.41, 5.74) is -0.251. The van der Waals surface area contributed by atoms with Crippen LogP contribution in [-0.2, 0) is 14.3 Å². The van der Waals surface area contributed by atoms with Crippen LogP contribution in [0.4, 0.5) is 11.4 Å². The van der Waals surface area contributed by atoms with E-state index in [-0.39, 0.29) is 30.0 Å². The molecule has 0 saturated carbocycles. The molecule has 1 heterocycles. The fourth-order valence-electron chi connectivity index (χ4n) is 2.06. The van der Waals surface area contributed by atoms with Crippen molar-refractivity contribution in [2.24, 2.45) is 0 Å². The molecule has 0 aliphatic heterocycles. The lowest BCUT2D eigenvalue weighted by Gasteiger charge is -2.13. The lowest BCUT2D eigenvalue weighted by Crippen LogP contribution is -2.30. The van der Waals surface area contributed by atoms with Crippen molar-refractivity contribution in [3.05, 3.63) is 56.8 Å². The van der Waals surface area contributed by atoms with E-state index in [0.717, 1.165) is 0 Å². The molecule has 1 aromatic carbocycles. The summed E-state index contributed by atoms with van der Waals surface area (Å²) in [7, 11) is 0. The number of benzene rings is 1. The molecule has 26 heavy (non-hydrogen) atoms. The lowest BCUT2D eigenvalue weighted by atomic mass is 10.2. The number of Topliss-reactive ketones (excluding diaryl/α,β-unsaturated/α-hetero) is 1. The summed E-state index contributed by atoms with van der Waals surface area (Å²) >= 11 is 1.29. The molecule has 2 rings (SSSR count). The van der Waals surface area contributed by atoms with Crippen LogP contribution in [0.5, 0.6) is 0 Å². The molecule has 0 radical (unpaired) electrons. The van der Waals surface area contributed by atoms with Gasteiger partial charge in [0.2, 0.25) is 0 Å². The highest BCUT2D eigenvalue weighted by Gasteiger charge is 2.22. The largest absolute Gasteiger partial charge is 0.453 e. The monoisotopic (exact) mass is 376 g/mol. The van der Waals surface area contributed by atoms with Gasteiger partial charge < -0.3 is 10.1 Å². The molecule has 0 spiro atoms. The van der Waals surface area contributed by atoms with E-state index in [9.17, 15) is 24.5 Å². The van der Waals surface area contributed by atoms with Crippen molar-refractivity contribution in [3.8, 4) is 0 Å². The number of nitrogens with zero attached hydrogens (tertiary/aromatic N) is 1. The van der Waals surface area contributed by atoms with E-state index in [0.29, 0.717) is 4.88 Å². The Morgan fingerprint density at radius 3 is 2.58 bits per heavy atom. The summed E-state index contributed by atoms with van der Waals surface area (Å²) < 4.78 is 4.98. The molecule has 1 aromatic heterocycles. The van der Waals surface area contributed by atoms with Gasteiger partial charge in [-0.3, -0.25) is 24.5 Å². The molecule has 8 nitrogen and oxygen atoms in total. The zero-order valence-electron chi connectivity index (χ0n) is 13.8. The molecule has 2 aromatic rings. The molecule has 0 bridgehead atoms. The van der Waals surface area contributed by atoms with Crippen LogP contribution < -0.4 is 5.32 Å². The Balaban J connectivity index is 1.86. The van der Waals surface area contributed by atoms with Gasteiger partial charge in [0.25, 0.3) is 11.6 Å². The number of hydrogen-bond acceptors (Lipinski definition) is 7. The number of para-hydroxylation sites is 2. The summed E-state index contributed by atoms with van der Waals surface area (Å²) in [4.78, 5) is 46.6. The highest BCUT2D eigenvalue weighted by molar-refractivity contribution is 7.12. The fourth-order valence-corrected chi connectivity index (χ4v) is 2.75. The van der Waals surface area contributed by atoms with Crippen molar-refractivity contribution < 1.29 is 24.0 Å². The number of ether oxygens (including phenoxy) is 1. The first-order chi connectivity index (χ1) is 12.4. The number of nitro groups is 1. The average molecular weight is 376 g/mol. The maximum atomic E-state index is 12.1. The molecule has 1 amide bonds. The van der Waals surface area contributed by atoms with E-state index in [1.165, 1.54) is 42.5 Å². The van der Waals surface area contributed by atoms with Crippen molar-refractivity contribution in [1.82, 2.24) is 0 Å². The van der Waals surface area contributed by atoms with Crippen LogP contribution in [0.1, 0.15) is 29.4 Å². The first-order valence-electron chi connectivity index (χ1n) is 7.69. The van der Waals surface area contributed by atoms with Gasteiger partial charge in [-0.25, -0.2) is 0 Å². The molecule has 136 valence electrons. The molecular weight excluding hydrogens is 360 g/mol. The van der Waals surface area contributed by atoms with Crippen LogP contribution in [0.3, 0.4) is 0 Å². The number of amides is 1. The van der Waals surface area contributed by atoms with Crippen LogP contribution in [0.2, 0.25) is 0 Å². The standard InChI is InChI=1S/C17H16N2O6S/c1-11(17(22)18-12-5-2-3-6-13(12)19(23)24)25-16(21)9-8-14(20)15-7-4-10-26-15/h2-7,10-11H,8-9H2,1H3,(H,18,22)/t11-/m0/s1. The van der Waals surface area contributed by atoms with Gasteiger partial charge in [-0.15, -0.1) is 11.3 Å². The Labute approximate surface area is 152 Å². The van der Waals surface area contributed by atoms with Gasteiger partial charge in [0, 0.05) is 12.5 Å². The summed E-state index contributed by atoms with van der Waals surface area (Å²) in [6.07, 6.45) is -1.32. The van der Waals surface area contributed by atoms with E-state index in [4.69, 9.17) is 4.74 Å². The molecule has 0 aliphatic carbocycles. The van der Waals surface area contributed by atoms with Gasteiger partial charge in [0.15, 0.2) is 11.9 Å². The number of nitro benzene ring substituents is 1. The normalized spacial score (nSPS) is 11.4. The predicted octanol–water partition coefficient (Wildman–Crippen LogP) is 3.19. The molecule has 0 aliphatic rings. The van der Waals surface area contributed by atoms with Gasteiger partial charge in [-0.2, -0.15) is 0 Å². The van der Waals surface area contributed by atoms with Gasteiger partial charge in [-0.1, -0.05) is 18.2 Å². The number of nitrogens with one attached hydrogen (secondary N) is 1. The van der Waals surface area contributed by atoms with E-state index in [2.05, 4.69) is 5.32 Å². The number of thiophene rings is 1. The van der Waals surface area contributed by atoms with E-state index in [1.54, 1.807) is 17.5 Å². The Morgan fingerprint density at radius 2 is 1.92 bits per heavy atom. The number of hydrogen-bond donors (Lipinski definition) is 1. The SMILES string of the molecule is C[C@H](OC(=O)CCC(=O)c1cccs1)C(=O)Nc1ccccc1[N+](=O)[O-]. The first-order valence-corrected chi connectivity index (χ1v) is 8.57. The zero-order chi connectivity index (χ0) is 19.1. The minimum atomic E-state index is -1.15. The summed E-state index contributed by atoms with van der Waals surface area (Å²) in [6.45, 7) is 1.35. The van der Waals surface area contributed by atoms with Gasteiger partial charge >= 0.3 is 5.97 Å². The van der Waals surface area contributed by atoms with Crippen LogP contribution in [0.25, 0.3) is 0 Å². The topological polar surface area (TPSA) is 116 Å². The van der Waals surface area contributed by atoms with Crippen molar-refractivity contribution in [2.45, 2.75) is 25.9 Å². The summed E-state index contributed by atoms with van der Waals surface area (Å²) in [5.74, 6) is -1.56. The van der Waals surface area contributed by atoms with Crippen LogP contribution in [0, 0.1) is 10.1 Å². The molecule has 1 atom stereocenters.